The molecule has 0 radical (unpaired) electrons. The lowest BCUT2D eigenvalue weighted by molar-refractivity contribution is 1.04. The van der Waals surface area contributed by atoms with Crippen molar-refractivity contribution in [3.05, 3.63) is 58.0 Å². The van der Waals surface area contributed by atoms with E-state index in [1.807, 2.05) is 51.1 Å². The Morgan fingerprint density at radius 3 is 2.48 bits per heavy atom. The molecule has 1 aromatic carbocycles. The molecule has 2 aromatic heterocycles. The molecule has 0 atom stereocenters. The molecule has 1 N–H and O–H groups in total. The van der Waals surface area contributed by atoms with Crippen LogP contribution in [0.1, 0.15) is 22.5 Å². The largest absolute Gasteiger partial charge is 0.245 e. The Labute approximate surface area is 139 Å². The van der Waals surface area contributed by atoms with Gasteiger partial charge in [0, 0.05) is 22.3 Å². The molecule has 0 aliphatic heterocycles. The molecule has 23 heavy (non-hydrogen) atoms. The van der Waals surface area contributed by atoms with Crippen LogP contribution < -0.4 is 5.43 Å². The van der Waals surface area contributed by atoms with Gasteiger partial charge in [0.05, 0.1) is 11.7 Å². The highest BCUT2D eigenvalue weighted by molar-refractivity contribution is 6.32. The summed E-state index contributed by atoms with van der Waals surface area (Å²) in [6.07, 6.45) is 1.62. The molecule has 0 saturated carbocycles. The highest BCUT2D eigenvalue weighted by Gasteiger charge is 2.04. The van der Waals surface area contributed by atoms with Crippen LogP contribution in [-0.4, -0.2) is 21.2 Å². The second kappa shape index (κ2) is 6.30. The van der Waals surface area contributed by atoms with E-state index in [0.29, 0.717) is 11.1 Å². The van der Waals surface area contributed by atoms with Gasteiger partial charge < -0.3 is 0 Å². The van der Waals surface area contributed by atoms with E-state index in [2.05, 4.69) is 25.5 Å². The van der Waals surface area contributed by atoms with Crippen LogP contribution >= 0.6 is 11.6 Å². The van der Waals surface area contributed by atoms with Gasteiger partial charge in [-0.3, -0.25) is 0 Å². The summed E-state index contributed by atoms with van der Waals surface area (Å²) >= 11 is 6.23. The van der Waals surface area contributed by atoms with Crippen LogP contribution in [0.15, 0.2) is 35.4 Å². The number of halogens is 1. The summed E-state index contributed by atoms with van der Waals surface area (Å²) in [5, 5.41) is 5.58. The summed E-state index contributed by atoms with van der Waals surface area (Å²) in [6.45, 7) is 5.85. The summed E-state index contributed by atoms with van der Waals surface area (Å²) < 4.78 is 0. The van der Waals surface area contributed by atoms with E-state index in [-0.39, 0.29) is 0 Å². The molecule has 0 unspecified atom stereocenters. The van der Waals surface area contributed by atoms with Crippen LogP contribution in [0.3, 0.4) is 0 Å². The predicted molar refractivity (Wildman–Crippen MR) is 94.2 cm³/mol. The molecule has 5 nitrogen and oxygen atoms in total. The third-order valence-electron chi connectivity index (χ3n) is 3.30. The second-order valence-electron chi connectivity index (χ2n) is 5.41. The van der Waals surface area contributed by atoms with Crippen molar-refractivity contribution in [2.45, 2.75) is 20.8 Å². The summed E-state index contributed by atoms with van der Waals surface area (Å²) in [5.74, 6) is 0.458. The number of nitrogens with zero attached hydrogens (tertiary/aromatic N) is 4. The lowest BCUT2D eigenvalue weighted by Gasteiger charge is -2.04. The molecule has 116 valence electrons. The minimum absolute atomic E-state index is 0.412. The van der Waals surface area contributed by atoms with Gasteiger partial charge in [-0.2, -0.15) is 5.10 Å². The maximum Gasteiger partial charge on any atom is 0.243 e. The van der Waals surface area contributed by atoms with Gasteiger partial charge in [-0.25, -0.2) is 20.4 Å². The monoisotopic (exact) mass is 325 g/mol. The van der Waals surface area contributed by atoms with Crippen LogP contribution in [0.4, 0.5) is 5.95 Å². The van der Waals surface area contributed by atoms with E-state index in [4.69, 9.17) is 11.6 Å². The Balaban J connectivity index is 1.85. The molecule has 0 bridgehead atoms. The van der Waals surface area contributed by atoms with E-state index >= 15 is 0 Å². The van der Waals surface area contributed by atoms with Gasteiger partial charge in [-0.15, -0.1) is 0 Å². The van der Waals surface area contributed by atoms with Crippen molar-refractivity contribution in [2.24, 2.45) is 5.10 Å². The number of rotatable bonds is 3. The summed E-state index contributed by atoms with van der Waals surface area (Å²) in [4.78, 5) is 12.9. The van der Waals surface area contributed by atoms with Crippen LogP contribution in [-0.2, 0) is 0 Å². The summed E-state index contributed by atoms with van der Waals surface area (Å²) in [6, 6.07) is 9.93. The van der Waals surface area contributed by atoms with E-state index < -0.39 is 0 Å². The molecule has 0 aliphatic rings. The topological polar surface area (TPSA) is 63.1 Å². The highest BCUT2D eigenvalue weighted by Crippen LogP contribution is 2.20. The van der Waals surface area contributed by atoms with Gasteiger partial charge in [0.1, 0.15) is 5.15 Å². The van der Waals surface area contributed by atoms with Gasteiger partial charge in [-0.1, -0.05) is 23.7 Å². The molecule has 0 fully saturated rings. The molecule has 6 heteroatoms. The van der Waals surface area contributed by atoms with Gasteiger partial charge >= 0.3 is 0 Å². The van der Waals surface area contributed by atoms with Gasteiger partial charge in [0.2, 0.25) is 5.95 Å². The minimum Gasteiger partial charge on any atom is -0.245 e. The maximum atomic E-state index is 6.23. The number of hydrogen-bond donors (Lipinski definition) is 1. The number of aryl methyl sites for hydroxylation is 3. The molecular formula is C17H16ClN5. The van der Waals surface area contributed by atoms with Crippen LogP contribution in [0.25, 0.3) is 10.9 Å². The number of hydrogen-bond acceptors (Lipinski definition) is 5. The average molecular weight is 326 g/mol. The van der Waals surface area contributed by atoms with Crippen LogP contribution in [0.5, 0.6) is 0 Å². The maximum absolute atomic E-state index is 6.23. The predicted octanol–water partition coefficient (Wildman–Crippen LogP) is 4.05. The first-order valence-electron chi connectivity index (χ1n) is 7.19. The Bertz CT molecular complexity index is 885. The molecule has 3 aromatic rings. The smallest absolute Gasteiger partial charge is 0.243 e. The Morgan fingerprint density at radius 2 is 1.74 bits per heavy atom. The molecule has 0 amide bonds. The fourth-order valence-electron chi connectivity index (χ4n) is 2.30. The quantitative estimate of drug-likeness (QED) is 0.448. The Hall–Kier alpha value is -2.53. The first kappa shape index (κ1) is 15.4. The van der Waals surface area contributed by atoms with Crippen LogP contribution in [0, 0.1) is 20.8 Å². The number of pyridine rings is 1. The number of aromatic nitrogens is 3. The number of benzene rings is 1. The van der Waals surface area contributed by atoms with E-state index in [0.717, 1.165) is 33.4 Å². The zero-order valence-corrected chi connectivity index (χ0v) is 13.9. The molecule has 3 rings (SSSR count). The first-order chi connectivity index (χ1) is 11.0. The average Bonchev–Trinajstić information content (AvgIpc) is 2.47. The first-order valence-corrected chi connectivity index (χ1v) is 7.57. The zero-order valence-electron chi connectivity index (χ0n) is 13.1. The van der Waals surface area contributed by atoms with Crippen molar-refractivity contribution in [1.82, 2.24) is 15.0 Å². The normalized spacial score (nSPS) is 11.3. The molecule has 0 aliphatic carbocycles. The number of fused-ring (bicyclic) bond motifs is 1. The molecular weight excluding hydrogens is 310 g/mol. The van der Waals surface area contributed by atoms with Crippen molar-refractivity contribution in [2.75, 3.05) is 5.43 Å². The van der Waals surface area contributed by atoms with Crippen molar-refractivity contribution >= 4 is 34.7 Å². The lowest BCUT2D eigenvalue weighted by Crippen LogP contribution is -2.00. The highest BCUT2D eigenvalue weighted by atomic mass is 35.5. The lowest BCUT2D eigenvalue weighted by atomic mass is 10.1. The molecule has 0 spiro atoms. The molecule has 2 heterocycles. The van der Waals surface area contributed by atoms with E-state index in [1.165, 1.54) is 0 Å². The third-order valence-corrected chi connectivity index (χ3v) is 3.61. The van der Waals surface area contributed by atoms with E-state index in [1.54, 1.807) is 6.21 Å². The van der Waals surface area contributed by atoms with E-state index in [9.17, 15) is 0 Å². The van der Waals surface area contributed by atoms with Crippen molar-refractivity contribution < 1.29 is 0 Å². The SMILES string of the molecule is Cc1ccc2cc(/C=N\Nc3nc(C)cc(C)n3)c(Cl)nc2c1. The zero-order chi connectivity index (χ0) is 16.4. The summed E-state index contributed by atoms with van der Waals surface area (Å²) in [5.41, 5.74) is 7.35. The van der Waals surface area contributed by atoms with Crippen molar-refractivity contribution in [1.29, 1.82) is 0 Å². The fourth-order valence-corrected chi connectivity index (χ4v) is 2.49. The van der Waals surface area contributed by atoms with Crippen LogP contribution in [0.2, 0.25) is 5.15 Å². The minimum atomic E-state index is 0.412. The second-order valence-corrected chi connectivity index (χ2v) is 5.77. The molecule has 0 saturated heterocycles. The Kier molecular flexibility index (Phi) is 4.21. The van der Waals surface area contributed by atoms with Crippen molar-refractivity contribution in [3.8, 4) is 0 Å². The fraction of sp³-hybridized carbons (Fsp3) is 0.176. The van der Waals surface area contributed by atoms with Gasteiger partial charge in [-0.05, 0) is 44.5 Å². The number of hydrazone groups is 1. The standard InChI is InChI=1S/C17H16ClN5/c1-10-4-5-13-8-14(16(18)22-15(13)6-10)9-19-23-17-20-11(2)7-12(3)21-17/h4-9H,1-3H3,(H,20,21,23)/b19-9-. The van der Waals surface area contributed by atoms with Gasteiger partial charge in [0.25, 0.3) is 0 Å². The summed E-state index contributed by atoms with van der Waals surface area (Å²) in [7, 11) is 0. The number of nitrogens with one attached hydrogen (secondary N) is 1. The van der Waals surface area contributed by atoms with Gasteiger partial charge in [0.15, 0.2) is 0 Å². The van der Waals surface area contributed by atoms with Crippen molar-refractivity contribution in [3.63, 3.8) is 0 Å². The number of anilines is 1. The Morgan fingerprint density at radius 1 is 1.00 bits per heavy atom. The third kappa shape index (κ3) is 3.63.